The van der Waals surface area contributed by atoms with Crippen LogP contribution in [0.4, 0.5) is 5.69 Å². The lowest BCUT2D eigenvalue weighted by Crippen LogP contribution is -2.31. The summed E-state index contributed by atoms with van der Waals surface area (Å²) < 4.78 is 10.8. The van der Waals surface area contributed by atoms with E-state index in [9.17, 15) is 9.59 Å². The molecule has 132 valence electrons. The first kappa shape index (κ1) is 18.6. The van der Waals surface area contributed by atoms with Gasteiger partial charge in [-0.3, -0.25) is 9.59 Å². The smallest absolute Gasteiger partial charge is 0.265 e. The molecule has 0 aliphatic rings. The number of aryl methyl sites for hydroxylation is 1. The normalized spacial score (nSPS) is 11.5. The molecule has 2 rings (SSSR count). The number of para-hydroxylation sites is 1. The average Bonchev–Trinajstić information content (AvgIpc) is 2.58. The number of methoxy groups -OCH3 is 1. The fraction of sp³-hybridized carbons (Fsp3) is 0.222. The van der Waals surface area contributed by atoms with E-state index >= 15 is 0 Å². The molecule has 0 aliphatic carbocycles. The summed E-state index contributed by atoms with van der Waals surface area (Å²) in [6, 6.07) is 9.81. The Morgan fingerprint density at radius 2 is 1.88 bits per heavy atom. The van der Waals surface area contributed by atoms with Crippen molar-refractivity contribution in [3.63, 3.8) is 0 Å². The lowest BCUT2D eigenvalue weighted by atomic mass is 10.2. The number of nitrogens with one attached hydrogen (secondary N) is 1. The molecule has 0 aliphatic heterocycles. The Hall–Kier alpha value is -2.73. The molecule has 0 heterocycles. The van der Waals surface area contributed by atoms with Crippen molar-refractivity contribution in [3.05, 3.63) is 52.5 Å². The Morgan fingerprint density at radius 3 is 2.52 bits per heavy atom. The largest absolute Gasteiger partial charge is 0.495 e. The summed E-state index contributed by atoms with van der Waals surface area (Å²) in [5.41, 5.74) is 6.80. The predicted octanol–water partition coefficient (Wildman–Crippen LogP) is 3.16. The maximum atomic E-state index is 12.4. The molecular weight excluding hydrogens is 344 g/mol. The summed E-state index contributed by atoms with van der Waals surface area (Å²) >= 11 is 6.06. The number of hydrogen-bond donors (Lipinski definition) is 2. The minimum absolute atomic E-state index is 0.210. The van der Waals surface area contributed by atoms with Crippen LogP contribution < -0.4 is 20.5 Å². The summed E-state index contributed by atoms with van der Waals surface area (Å²) in [6.45, 7) is 3.39. The molecule has 0 bridgehead atoms. The van der Waals surface area contributed by atoms with Crippen molar-refractivity contribution < 1.29 is 19.1 Å². The highest BCUT2D eigenvalue weighted by Gasteiger charge is 2.19. The summed E-state index contributed by atoms with van der Waals surface area (Å²) in [5, 5.41) is 3.27. The van der Waals surface area contributed by atoms with Crippen LogP contribution in [0.5, 0.6) is 11.5 Å². The van der Waals surface area contributed by atoms with Crippen LogP contribution in [0.3, 0.4) is 0 Å². The Morgan fingerprint density at radius 1 is 1.20 bits per heavy atom. The third-order valence-corrected chi connectivity index (χ3v) is 3.97. The minimum atomic E-state index is -0.860. The molecule has 0 fully saturated rings. The number of primary amides is 1. The lowest BCUT2D eigenvalue weighted by Gasteiger charge is -2.18. The number of nitrogens with two attached hydrogens (primary N) is 1. The van der Waals surface area contributed by atoms with E-state index in [-0.39, 0.29) is 11.3 Å². The molecule has 0 spiro atoms. The molecule has 2 amide bonds. The molecule has 0 saturated carbocycles. The quantitative estimate of drug-likeness (QED) is 0.825. The highest BCUT2D eigenvalue weighted by Crippen LogP contribution is 2.31. The number of hydrogen-bond acceptors (Lipinski definition) is 4. The first-order valence-corrected chi connectivity index (χ1v) is 7.91. The van der Waals surface area contributed by atoms with Gasteiger partial charge in [-0.15, -0.1) is 0 Å². The van der Waals surface area contributed by atoms with Gasteiger partial charge >= 0.3 is 0 Å². The first-order chi connectivity index (χ1) is 11.8. The summed E-state index contributed by atoms with van der Waals surface area (Å²) in [5.74, 6) is -0.344. The number of benzene rings is 2. The lowest BCUT2D eigenvalue weighted by molar-refractivity contribution is -0.122. The second-order valence-corrected chi connectivity index (χ2v) is 5.82. The van der Waals surface area contributed by atoms with Gasteiger partial charge in [0, 0.05) is 11.1 Å². The number of carbonyl (C=O) groups excluding carboxylic acids is 2. The van der Waals surface area contributed by atoms with Gasteiger partial charge in [0.15, 0.2) is 6.10 Å². The predicted molar refractivity (Wildman–Crippen MR) is 96.4 cm³/mol. The molecule has 0 unspecified atom stereocenters. The highest BCUT2D eigenvalue weighted by atomic mass is 35.5. The molecule has 0 radical (unpaired) electrons. The maximum Gasteiger partial charge on any atom is 0.265 e. The van der Waals surface area contributed by atoms with Crippen LogP contribution in [0.2, 0.25) is 5.02 Å². The van der Waals surface area contributed by atoms with Gasteiger partial charge in [-0.1, -0.05) is 23.7 Å². The van der Waals surface area contributed by atoms with E-state index < -0.39 is 17.9 Å². The van der Waals surface area contributed by atoms with Gasteiger partial charge < -0.3 is 20.5 Å². The van der Waals surface area contributed by atoms with Crippen LogP contribution in [0.25, 0.3) is 0 Å². The van der Waals surface area contributed by atoms with Crippen LogP contribution in [0.15, 0.2) is 36.4 Å². The monoisotopic (exact) mass is 362 g/mol. The number of rotatable bonds is 6. The van der Waals surface area contributed by atoms with Gasteiger partial charge in [0.25, 0.3) is 11.8 Å². The van der Waals surface area contributed by atoms with Gasteiger partial charge in [0.1, 0.15) is 11.5 Å². The molecule has 0 saturated heterocycles. The number of anilines is 1. The zero-order valence-electron chi connectivity index (χ0n) is 14.1. The van der Waals surface area contributed by atoms with Crippen molar-refractivity contribution in [1.82, 2.24) is 0 Å². The van der Waals surface area contributed by atoms with Crippen LogP contribution in [-0.4, -0.2) is 25.0 Å². The molecule has 0 aromatic heterocycles. The van der Waals surface area contributed by atoms with Crippen LogP contribution >= 0.6 is 11.6 Å². The van der Waals surface area contributed by atoms with Crippen LogP contribution in [0.1, 0.15) is 22.8 Å². The number of ether oxygens (including phenoxy) is 2. The zero-order chi connectivity index (χ0) is 18.6. The zero-order valence-corrected chi connectivity index (χ0v) is 14.9. The van der Waals surface area contributed by atoms with E-state index in [1.165, 1.54) is 13.2 Å². The fourth-order valence-corrected chi connectivity index (χ4v) is 2.33. The Bertz CT molecular complexity index is 808. The molecular formula is C18H19ClN2O4. The summed E-state index contributed by atoms with van der Waals surface area (Å²) in [6.07, 6.45) is -0.860. The average molecular weight is 363 g/mol. The van der Waals surface area contributed by atoms with Crippen molar-refractivity contribution in [1.29, 1.82) is 0 Å². The van der Waals surface area contributed by atoms with Crippen molar-refractivity contribution in [3.8, 4) is 11.5 Å². The second kappa shape index (κ2) is 7.90. The van der Waals surface area contributed by atoms with E-state index in [0.29, 0.717) is 16.5 Å². The summed E-state index contributed by atoms with van der Waals surface area (Å²) in [4.78, 5) is 23.9. The van der Waals surface area contributed by atoms with Crippen LogP contribution in [-0.2, 0) is 4.79 Å². The van der Waals surface area contributed by atoms with Gasteiger partial charge in [-0.05, 0) is 37.6 Å². The number of carbonyl (C=O) groups is 2. The van der Waals surface area contributed by atoms with Gasteiger partial charge in [-0.2, -0.15) is 0 Å². The molecule has 2 aromatic rings. The SMILES string of the molecule is COc1cc(Cl)c(C)cc1NC(=O)[C@@H](C)Oc1ccccc1C(N)=O. The van der Waals surface area contributed by atoms with Crippen molar-refractivity contribution in [2.75, 3.05) is 12.4 Å². The minimum Gasteiger partial charge on any atom is -0.495 e. The summed E-state index contributed by atoms with van der Waals surface area (Å²) in [7, 11) is 1.49. The van der Waals surface area contributed by atoms with Gasteiger partial charge in [-0.25, -0.2) is 0 Å². The molecule has 3 N–H and O–H groups in total. The third-order valence-electron chi connectivity index (χ3n) is 3.56. The Balaban J connectivity index is 2.17. The van der Waals surface area contributed by atoms with E-state index in [1.54, 1.807) is 37.3 Å². The van der Waals surface area contributed by atoms with Crippen molar-refractivity contribution in [2.24, 2.45) is 5.73 Å². The van der Waals surface area contributed by atoms with Gasteiger partial charge in [0.2, 0.25) is 0 Å². The highest BCUT2D eigenvalue weighted by molar-refractivity contribution is 6.31. The molecule has 1 atom stereocenters. The van der Waals surface area contributed by atoms with Crippen molar-refractivity contribution in [2.45, 2.75) is 20.0 Å². The second-order valence-electron chi connectivity index (χ2n) is 5.41. The third kappa shape index (κ3) is 4.42. The Kier molecular flexibility index (Phi) is 5.88. The molecule has 25 heavy (non-hydrogen) atoms. The van der Waals surface area contributed by atoms with E-state index in [4.69, 9.17) is 26.8 Å². The Labute approximate surface area is 150 Å². The standard InChI is InChI=1S/C18H19ClN2O4/c1-10-8-14(16(24-3)9-13(10)19)21-18(23)11(2)25-15-7-5-4-6-12(15)17(20)22/h4-9,11H,1-3H3,(H2,20,22)(H,21,23)/t11-/m1/s1. The van der Waals surface area contributed by atoms with Crippen molar-refractivity contribution >= 4 is 29.1 Å². The fourth-order valence-electron chi connectivity index (χ4n) is 2.18. The van der Waals surface area contributed by atoms with E-state index in [1.807, 2.05) is 6.92 Å². The first-order valence-electron chi connectivity index (χ1n) is 7.54. The topological polar surface area (TPSA) is 90.7 Å². The number of halogens is 1. The van der Waals surface area contributed by atoms with E-state index in [0.717, 1.165) is 5.56 Å². The van der Waals surface area contributed by atoms with Crippen LogP contribution in [0, 0.1) is 6.92 Å². The molecule has 7 heteroatoms. The van der Waals surface area contributed by atoms with Gasteiger partial charge in [0.05, 0.1) is 18.4 Å². The maximum absolute atomic E-state index is 12.4. The molecule has 2 aromatic carbocycles. The number of amides is 2. The van der Waals surface area contributed by atoms with E-state index in [2.05, 4.69) is 5.32 Å². The molecule has 6 nitrogen and oxygen atoms in total.